The van der Waals surface area contributed by atoms with Crippen molar-refractivity contribution in [3.8, 4) is 12.3 Å². The van der Waals surface area contributed by atoms with Gasteiger partial charge in [-0.2, -0.15) is 0 Å². The van der Waals surface area contributed by atoms with E-state index < -0.39 is 5.92 Å². The van der Waals surface area contributed by atoms with Gasteiger partial charge in [0.2, 0.25) is 5.92 Å². The Hall–Kier alpha value is -0.910. The number of alkyl halides is 2. The molecule has 0 bridgehead atoms. The van der Waals surface area contributed by atoms with Crippen LogP contribution in [0.15, 0.2) is 0 Å². The van der Waals surface area contributed by atoms with E-state index in [2.05, 4.69) is 5.92 Å². The van der Waals surface area contributed by atoms with E-state index in [1.165, 1.54) is 0 Å². The van der Waals surface area contributed by atoms with Crippen molar-refractivity contribution in [2.24, 2.45) is 5.92 Å². The number of hydrogen-bond acceptors (Lipinski definition) is 1. The van der Waals surface area contributed by atoms with Crippen molar-refractivity contribution in [1.29, 1.82) is 0 Å². The number of unbranched alkanes of at least 4 members (excludes halogenated alkanes) is 1. The predicted octanol–water partition coefficient (Wildman–Crippen LogP) is 3.18. The normalized spacial score (nSPS) is 20.9. The summed E-state index contributed by atoms with van der Waals surface area (Å²) in [5, 5.41) is 0. The Balaban J connectivity index is 2.28. The van der Waals surface area contributed by atoms with E-state index in [0.717, 1.165) is 0 Å². The van der Waals surface area contributed by atoms with E-state index >= 15 is 0 Å². The molecule has 3 heteroatoms. The van der Waals surface area contributed by atoms with Crippen molar-refractivity contribution in [3.05, 3.63) is 0 Å². The molecule has 1 fully saturated rings. The summed E-state index contributed by atoms with van der Waals surface area (Å²) in [6.45, 7) is 0. The lowest BCUT2D eigenvalue weighted by molar-refractivity contribution is -0.127. The molecule has 0 aliphatic heterocycles. The summed E-state index contributed by atoms with van der Waals surface area (Å²) in [5.41, 5.74) is 0. The highest BCUT2D eigenvalue weighted by atomic mass is 19.3. The second kappa shape index (κ2) is 5.25. The van der Waals surface area contributed by atoms with Gasteiger partial charge >= 0.3 is 0 Å². The minimum Gasteiger partial charge on any atom is -0.299 e. The van der Waals surface area contributed by atoms with Crippen LogP contribution in [0.1, 0.15) is 44.9 Å². The Labute approximate surface area is 89.2 Å². The van der Waals surface area contributed by atoms with Crippen LogP contribution in [-0.2, 0) is 4.79 Å². The second-order valence-corrected chi connectivity index (χ2v) is 4.15. The van der Waals surface area contributed by atoms with Gasteiger partial charge in [0, 0.05) is 31.6 Å². The van der Waals surface area contributed by atoms with E-state index in [1.54, 1.807) is 0 Å². The molecular formula is C12H16F2O. The predicted molar refractivity (Wildman–Crippen MR) is 54.6 cm³/mol. The molecular weight excluding hydrogens is 198 g/mol. The van der Waals surface area contributed by atoms with Crippen LogP contribution in [-0.4, -0.2) is 11.7 Å². The SMILES string of the molecule is C#CCCCC(=O)C1CCC(F)(F)CC1. The van der Waals surface area contributed by atoms with Gasteiger partial charge in [-0.3, -0.25) is 4.79 Å². The van der Waals surface area contributed by atoms with Crippen LogP contribution in [0, 0.1) is 18.3 Å². The van der Waals surface area contributed by atoms with Crippen LogP contribution >= 0.6 is 0 Å². The highest BCUT2D eigenvalue weighted by molar-refractivity contribution is 5.81. The lowest BCUT2D eigenvalue weighted by Gasteiger charge is -2.27. The summed E-state index contributed by atoms with van der Waals surface area (Å²) < 4.78 is 25.6. The minimum atomic E-state index is -2.55. The van der Waals surface area contributed by atoms with Gasteiger partial charge in [-0.1, -0.05) is 0 Å². The van der Waals surface area contributed by atoms with E-state index in [0.29, 0.717) is 32.1 Å². The van der Waals surface area contributed by atoms with Gasteiger partial charge in [0.1, 0.15) is 5.78 Å². The third-order valence-electron chi connectivity index (χ3n) is 2.92. The maximum absolute atomic E-state index is 12.8. The maximum Gasteiger partial charge on any atom is 0.248 e. The fourth-order valence-electron chi connectivity index (χ4n) is 1.93. The maximum atomic E-state index is 12.8. The van der Waals surface area contributed by atoms with E-state index in [9.17, 15) is 13.6 Å². The Kier molecular flexibility index (Phi) is 4.26. The lowest BCUT2D eigenvalue weighted by Crippen LogP contribution is -2.28. The molecule has 1 saturated carbocycles. The summed E-state index contributed by atoms with van der Waals surface area (Å²) >= 11 is 0. The fraction of sp³-hybridized carbons (Fsp3) is 0.750. The summed E-state index contributed by atoms with van der Waals surface area (Å²) in [7, 11) is 0. The highest BCUT2D eigenvalue weighted by Crippen LogP contribution is 2.36. The van der Waals surface area contributed by atoms with Gasteiger partial charge in [0.05, 0.1) is 0 Å². The first kappa shape index (κ1) is 12.2. The molecule has 15 heavy (non-hydrogen) atoms. The second-order valence-electron chi connectivity index (χ2n) is 4.15. The Morgan fingerprint density at radius 2 is 2.00 bits per heavy atom. The van der Waals surface area contributed by atoms with Gasteiger partial charge in [0.25, 0.3) is 0 Å². The summed E-state index contributed by atoms with van der Waals surface area (Å²) in [5.74, 6) is -0.118. The molecule has 0 aromatic heterocycles. The third-order valence-corrected chi connectivity index (χ3v) is 2.92. The van der Waals surface area contributed by atoms with Crippen LogP contribution in [0.3, 0.4) is 0 Å². The summed E-state index contributed by atoms with van der Waals surface area (Å²) in [4.78, 5) is 11.6. The number of carbonyl (C=O) groups is 1. The van der Waals surface area contributed by atoms with Crippen molar-refractivity contribution >= 4 is 5.78 Å². The fourth-order valence-corrected chi connectivity index (χ4v) is 1.93. The Morgan fingerprint density at radius 1 is 1.40 bits per heavy atom. The van der Waals surface area contributed by atoms with E-state index in [-0.39, 0.29) is 24.5 Å². The molecule has 0 atom stereocenters. The minimum absolute atomic E-state index is 0.112. The Morgan fingerprint density at radius 3 is 2.53 bits per heavy atom. The topological polar surface area (TPSA) is 17.1 Å². The van der Waals surface area contributed by atoms with Gasteiger partial charge < -0.3 is 0 Å². The number of halogens is 2. The molecule has 0 heterocycles. The monoisotopic (exact) mass is 214 g/mol. The standard InChI is InChI=1S/C12H16F2O/c1-2-3-4-5-11(15)10-6-8-12(13,14)9-7-10/h1,10H,3-9H2. The zero-order valence-corrected chi connectivity index (χ0v) is 8.77. The molecule has 0 unspecified atom stereocenters. The zero-order chi connectivity index (χ0) is 11.3. The number of terminal acetylenes is 1. The van der Waals surface area contributed by atoms with E-state index in [4.69, 9.17) is 6.42 Å². The molecule has 0 amide bonds. The average molecular weight is 214 g/mol. The molecule has 1 nitrogen and oxygen atoms in total. The smallest absolute Gasteiger partial charge is 0.248 e. The first-order valence-corrected chi connectivity index (χ1v) is 5.39. The van der Waals surface area contributed by atoms with Gasteiger partial charge in [-0.15, -0.1) is 12.3 Å². The van der Waals surface area contributed by atoms with Crippen LogP contribution in [0.5, 0.6) is 0 Å². The molecule has 1 rings (SSSR count). The molecule has 1 aliphatic carbocycles. The summed E-state index contributed by atoms with van der Waals surface area (Å²) in [6, 6.07) is 0. The molecule has 1 aliphatic rings. The van der Waals surface area contributed by atoms with Gasteiger partial charge in [-0.05, 0) is 19.3 Å². The van der Waals surface area contributed by atoms with Crippen LogP contribution in [0.2, 0.25) is 0 Å². The number of rotatable bonds is 4. The molecule has 0 spiro atoms. The molecule has 0 saturated heterocycles. The number of hydrogen-bond donors (Lipinski definition) is 0. The lowest BCUT2D eigenvalue weighted by atomic mass is 9.83. The molecule has 0 aromatic carbocycles. The summed E-state index contributed by atoms with van der Waals surface area (Å²) in [6.07, 6.45) is 7.18. The zero-order valence-electron chi connectivity index (χ0n) is 8.77. The number of carbonyl (C=O) groups excluding carboxylic acids is 1. The Bertz CT molecular complexity index is 255. The van der Waals surface area contributed by atoms with Crippen LogP contribution in [0.4, 0.5) is 8.78 Å². The molecule has 0 aromatic rings. The van der Waals surface area contributed by atoms with Crippen molar-refractivity contribution in [3.63, 3.8) is 0 Å². The molecule has 84 valence electrons. The number of ketones is 1. The first-order chi connectivity index (χ1) is 7.05. The van der Waals surface area contributed by atoms with Crippen LogP contribution in [0.25, 0.3) is 0 Å². The first-order valence-electron chi connectivity index (χ1n) is 5.39. The van der Waals surface area contributed by atoms with Crippen LogP contribution < -0.4 is 0 Å². The van der Waals surface area contributed by atoms with Gasteiger partial charge in [-0.25, -0.2) is 8.78 Å². The largest absolute Gasteiger partial charge is 0.299 e. The van der Waals surface area contributed by atoms with Crippen molar-refractivity contribution in [1.82, 2.24) is 0 Å². The number of Topliss-reactive ketones (excluding diaryl/α,β-unsaturated/α-hetero) is 1. The highest BCUT2D eigenvalue weighted by Gasteiger charge is 2.36. The van der Waals surface area contributed by atoms with Crippen molar-refractivity contribution < 1.29 is 13.6 Å². The third kappa shape index (κ3) is 3.99. The average Bonchev–Trinajstić information content (AvgIpc) is 2.18. The van der Waals surface area contributed by atoms with Crippen molar-refractivity contribution in [2.75, 3.05) is 0 Å². The quantitative estimate of drug-likeness (QED) is 0.519. The molecule has 0 N–H and O–H groups in total. The molecule has 0 radical (unpaired) electrons. The van der Waals surface area contributed by atoms with Gasteiger partial charge in [0.15, 0.2) is 0 Å². The van der Waals surface area contributed by atoms with Crippen molar-refractivity contribution in [2.45, 2.75) is 50.9 Å². The van der Waals surface area contributed by atoms with E-state index in [1.807, 2.05) is 0 Å².